The quantitative estimate of drug-likeness (QED) is 0.819. The van der Waals surface area contributed by atoms with Gasteiger partial charge in [0, 0.05) is 5.92 Å². The molecular formula is C12H19N3O2. The van der Waals surface area contributed by atoms with Crippen LogP contribution in [0.25, 0.3) is 0 Å². The van der Waals surface area contributed by atoms with E-state index >= 15 is 0 Å². The molecule has 1 heterocycles. The lowest BCUT2D eigenvalue weighted by molar-refractivity contribution is 0.0512. The van der Waals surface area contributed by atoms with E-state index in [0.717, 1.165) is 24.6 Å². The fourth-order valence-electron chi connectivity index (χ4n) is 2.28. The number of carbonyl (C=O) groups excluding carboxylic acids is 1. The zero-order valence-electron chi connectivity index (χ0n) is 10.4. The molecular weight excluding hydrogens is 218 g/mol. The highest BCUT2D eigenvalue weighted by Crippen LogP contribution is 2.33. The molecule has 0 unspecified atom stereocenters. The number of nitrogens with one attached hydrogen (secondary N) is 1. The van der Waals surface area contributed by atoms with Crippen LogP contribution < -0.4 is 0 Å². The molecule has 2 rings (SSSR count). The third-order valence-electron chi connectivity index (χ3n) is 3.36. The van der Waals surface area contributed by atoms with Gasteiger partial charge < -0.3 is 4.74 Å². The fourth-order valence-corrected chi connectivity index (χ4v) is 2.28. The van der Waals surface area contributed by atoms with Crippen molar-refractivity contribution in [3.63, 3.8) is 0 Å². The summed E-state index contributed by atoms with van der Waals surface area (Å²) in [4.78, 5) is 15.7. The lowest BCUT2D eigenvalue weighted by atomic mass is 9.83. The van der Waals surface area contributed by atoms with Gasteiger partial charge in [0.2, 0.25) is 0 Å². The summed E-state index contributed by atoms with van der Waals surface area (Å²) in [6.45, 7) is 4.40. The van der Waals surface area contributed by atoms with Gasteiger partial charge in [-0.05, 0) is 25.7 Å². The number of aromatic nitrogens is 3. The number of carbonyl (C=O) groups is 1. The number of aromatic amines is 1. The van der Waals surface area contributed by atoms with Gasteiger partial charge in [-0.3, -0.25) is 5.10 Å². The summed E-state index contributed by atoms with van der Waals surface area (Å²) in [5.41, 5.74) is 0. The van der Waals surface area contributed by atoms with Gasteiger partial charge in [0.05, 0.1) is 6.61 Å². The lowest BCUT2D eigenvalue weighted by Gasteiger charge is -2.24. The van der Waals surface area contributed by atoms with Crippen molar-refractivity contribution in [2.75, 3.05) is 6.61 Å². The monoisotopic (exact) mass is 237 g/mol. The molecule has 1 aromatic heterocycles. The van der Waals surface area contributed by atoms with Gasteiger partial charge in [0.1, 0.15) is 5.82 Å². The highest BCUT2D eigenvalue weighted by atomic mass is 16.5. The number of rotatable bonds is 3. The SMILES string of the molecule is CCOC(=O)c1n[nH]c(C2CCC(C)CC2)n1. The largest absolute Gasteiger partial charge is 0.460 e. The van der Waals surface area contributed by atoms with Crippen molar-refractivity contribution in [3.8, 4) is 0 Å². The average molecular weight is 237 g/mol. The summed E-state index contributed by atoms with van der Waals surface area (Å²) < 4.78 is 4.86. The Balaban J connectivity index is 2.00. The van der Waals surface area contributed by atoms with E-state index in [1.165, 1.54) is 12.8 Å². The number of hydrogen-bond donors (Lipinski definition) is 1. The summed E-state index contributed by atoms with van der Waals surface area (Å²) in [6, 6.07) is 0. The van der Waals surface area contributed by atoms with Crippen molar-refractivity contribution in [2.24, 2.45) is 5.92 Å². The molecule has 1 fully saturated rings. The van der Waals surface area contributed by atoms with E-state index in [-0.39, 0.29) is 5.82 Å². The van der Waals surface area contributed by atoms with E-state index in [1.54, 1.807) is 6.92 Å². The first-order valence-corrected chi connectivity index (χ1v) is 6.30. The molecule has 5 heteroatoms. The van der Waals surface area contributed by atoms with Crippen molar-refractivity contribution in [3.05, 3.63) is 11.6 Å². The third kappa shape index (κ3) is 2.84. The third-order valence-corrected chi connectivity index (χ3v) is 3.36. The van der Waals surface area contributed by atoms with Crippen molar-refractivity contribution in [1.82, 2.24) is 15.2 Å². The average Bonchev–Trinajstić information content (AvgIpc) is 2.80. The van der Waals surface area contributed by atoms with E-state index in [9.17, 15) is 4.79 Å². The zero-order valence-corrected chi connectivity index (χ0v) is 10.4. The van der Waals surface area contributed by atoms with Crippen LogP contribution in [0, 0.1) is 5.92 Å². The minimum Gasteiger partial charge on any atom is -0.460 e. The van der Waals surface area contributed by atoms with E-state index in [1.807, 2.05) is 0 Å². The molecule has 1 aliphatic rings. The highest BCUT2D eigenvalue weighted by molar-refractivity contribution is 5.84. The van der Waals surface area contributed by atoms with Crippen molar-refractivity contribution in [1.29, 1.82) is 0 Å². The summed E-state index contributed by atoms with van der Waals surface area (Å²) >= 11 is 0. The number of nitrogens with zero attached hydrogens (tertiary/aromatic N) is 2. The Hall–Kier alpha value is -1.39. The minimum absolute atomic E-state index is 0.153. The van der Waals surface area contributed by atoms with Crippen LogP contribution in [0.5, 0.6) is 0 Å². The van der Waals surface area contributed by atoms with Gasteiger partial charge in [0.25, 0.3) is 5.82 Å². The molecule has 1 N–H and O–H groups in total. The molecule has 5 nitrogen and oxygen atoms in total. The normalized spacial score (nSPS) is 24.6. The Morgan fingerprint density at radius 2 is 2.12 bits per heavy atom. The van der Waals surface area contributed by atoms with E-state index in [2.05, 4.69) is 22.1 Å². The lowest BCUT2D eigenvalue weighted by Crippen LogP contribution is -2.12. The first-order valence-electron chi connectivity index (χ1n) is 6.30. The van der Waals surface area contributed by atoms with Crippen LogP contribution in [0.2, 0.25) is 0 Å². The summed E-state index contributed by atoms with van der Waals surface area (Å²) in [5, 5.41) is 6.79. The predicted octanol–water partition coefficient (Wildman–Crippen LogP) is 2.28. The molecule has 0 aliphatic heterocycles. The number of esters is 1. The molecule has 0 amide bonds. The van der Waals surface area contributed by atoms with Gasteiger partial charge in [-0.1, -0.05) is 19.8 Å². The maximum Gasteiger partial charge on any atom is 0.378 e. The second-order valence-electron chi connectivity index (χ2n) is 4.72. The number of hydrogen-bond acceptors (Lipinski definition) is 4. The van der Waals surface area contributed by atoms with Crippen LogP contribution in [-0.4, -0.2) is 27.8 Å². The maximum atomic E-state index is 11.4. The second kappa shape index (κ2) is 5.29. The van der Waals surface area contributed by atoms with Gasteiger partial charge in [0.15, 0.2) is 0 Å². The van der Waals surface area contributed by atoms with Gasteiger partial charge in [-0.15, -0.1) is 5.10 Å². The van der Waals surface area contributed by atoms with Gasteiger partial charge in [-0.25, -0.2) is 9.78 Å². The Morgan fingerprint density at radius 3 is 2.76 bits per heavy atom. The first kappa shape index (κ1) is 12.1. The molecule has 0 saturated heterocycles. The molecule has 0 radical (unpaired) electrons. The minimum atomic E-state index is -0.445. The Kier molecular flexibility index (Phi) is 3.76. The first-order chi connectivity index (χ1) is 8.20. The van der Waals surface area contributed by atoms with Crippen molar-refractivity contribution in [2.45, 2.75) is 45.4 Å². The van der Waals surface area contributed by atoms with Crippen LogP contribution in [0.3, 0.4) is 0 Å². The van der Waals surface area contributed by atoms with Gasteiger partial charge in [-0.2, -0.15) is 0 Å². The van der Waals surface area contributed by atoms with E-state index < -0.39 is 5.97 Å². The van der Waals surface area contributed by atoms with Crippen molar-refractivity contribution >= 4 is 5.97 Å². The van der Waals surface area contributed by atoms with Crippen LogP contribution in [0.4, 0.5) is 0 Å². The fraction of sp³-hybridized carbons (Fsp3) is 0.750. The van der Waals surface area contributed by atoms with Crippen LogP contribution in [0.15, 0.2) is 0 Å². The molecule has 1 saturated carbocycles. The molecule has 94 valence electrons. The Labute approximate surface area is 101 Å². The van der Waals surface area contributed by atoms with E-state index in [4.69, 9.17) is 4.74 Å². The van der Waals surface area contributed by atoms with E-state index in [0.29, 0.717) is 12.5 Å². The topological polar surface area (TPSA) is 67.9 Å². The number of H-pyrrole nitrogens is 1. The Bertz CT molecular complexity index is 381. The molecule has 17 heavy (non-hydrogen) atoms. The zero-order chi connectivity index (χ0) is 12.3. The standard InChI is InChI=1S/C12H19N3O2/c1-3-17-12(16)11-13-10(14-15-11)9-6-4-8(2)5-7-9/h8-9H,3-7H2,1-2H3,(H,13,14,15). The highest BCUT2D eigenvalue weighted by Gasteiger charge is 2.24. The summed E-state index contributed by atoms with van der Waals surface area (Å²) in [6.07, 6.45) is 4.69. The summed E-state index contributed by atoms with van der Waals surface area (Å²) in [7, 11) is 0. The molecule has 0 bridgehead atoms. The molecule has 0 spiro atoms. The molecule has 1 aliphatic carbocycles. The number of ether oxygens (including phenoxy) is 1. The smallest absolute Gasteiger partial charge is 0.378 e. The van der Waals surface area contributed by atoms with Crippen LogP contribution in [-0.2, 0) is 4.74 Å². The van der Waals surface area contributed by atoms with Gasteiger partial charge >= 0.3 is 5.97 Å². The molecule has 0 aromatic carbocycles. The van der Waals surface area contributed by atoms with Crippen LogP contribution >= 0.6 is 0 Å². The predicted molar refractivity (Wildman–Crippen MR) is 62.7 cm³/mol. The second-order valence-corrected chi connectivity index (χ2v) is 4.72. The molecule has 0 atom stereocenters. The Morgan fingerprint density at radius 1 is 1.41 bits per heavy atom. The maximum absolute atomic E-state index is 11.4. The summed E-state index contributed by atoms with van der Waals surface area (Å²) in [5.74, 6) is 1.76. The van der Waals surface area contributed by atoms with Crippen LogP contribution in [0.1, 0.15) is 61.9 Å². The van der Waals surface area contributed by atoms with Crippen molar-refractivity contribution < 1.29 is 9.53 Å². The molecule has 1 aromatic rings.